The van der Waals surface area contributed by atoms with Gasteiger partial charge in [0, 0.05) is 19.0 Å². The van der Waals surface area contributed by atoms with E-state index in [1.807, 2.05) is 26.0 Å². The van der Waals surface area contributed by atoms with Crippen molar-refractivity contribution in [3.63, 3.8) is 0 Å². The number of carboxylic acids is 1. The van der Waals surface area contributed by atoms with Gasteiger partial charge in [-0.25, -0.2) is 0 Å². The first-order valence-corrected chi connectivity index (χ1v) is 7.50. The van der Waals surface area contributed by atoms with Crippen molar-refractivity contribution < 1.29 is 14.7 Å². The number of carboxylic acid groups (broad SMARTS) is 1. The number of benzene rings is 1. The maximum absolute atomic E-state index is 12.7. The van der Waals surface area contributed by atoms with Crippen LogP contribution >= 0.6 is 0 Å². The van der Waals surface area contributed by atoms with Crippen LogP contribution in [0.3, 0.4) is 0 Å². The van der Waals surface area contributed by atoms with Crippen molar-refractivity contribution in [1.29, 1.82) is 0 Å². The van der Waals surface area contributed by atoms with Gasteiger partial charge < -0.3 is 14.6 Å². The molecule has 0 bridgehead atoms. The van der Waals surface area contributed by atoms with Crippen LogP contribution in [0, 0.1) is 13.8 Å². The van der Waals surface area contributed by atoms with E-state index < -0.39 is 5.97 Å². The number of carbonyl (C=O) groups is 2. The highest BCUT2D eigenvalue weighted by Crippen LogP contribution is 2.34. The average molecular weight is 300 g/mol. The van der Waals surface area contributed by atoms with Gasteiger partial charge in [-0.2, -0.15) is 0 Å². The molecule has 0 saturated carbocycles. The molecule has 1 aliphatic heterocycles. The zero-order valence-electron chi connectivity index (χ0n) is 13.1. The second-order valence-electron chi connectivity index (χ2n) is 6.06. The Morgan fingerprint density at radius 1 is 1.27 bits per heavy atom. The number of hydrogen-bond acceptors (Lipinski definition) is 2. The zero-order chi connectivity index (χ0) is 16.0. The number of hydrogen-bond donors (Lipinski definition) is 1. The molecular weight excluding hydrogens is 280 g/mol. The van der Waals surface area contributed by atoms with Crippen LogP contribution in [0.4, 0.5) is 0 Å². The number of aromatic nitrogens is 1. The van der Waals surface area contributed by atoms with Crippen LogP contribution in [0.2, 0.25) is 0 Å². The highest BCUT2D eigenvalue weighted by molar-refractivity contribution is 6.04. The Hall–Kier alpha value is -2.30. The van der Waals surface area contributed by atoms with Gasteiger partial charge in [0.15, 0.2) is 0 Å². The summed E-state index contributed by atoms with van der Waals surface area (Å²) in [7, 11) is 1.78. The molecule has 0 spiro atoms. The molecule has 1 aliphatic rings. The number of aryl methyl sites for hydroxylation is 3. The molecule has 3 rings (SSSR count). The minimum absolute atomic E-state index is 0.0799. The van der Waals surface area contributed by atoms with Gasteiger partial charge in [0.1, 0.15) is 12.2 Å². The summed E-state index contributed by atoms with van der Waals surface area (Å²) >= 11 is 0. The van der Waals surface area contributed by atoms with Crippen molar-refractivity contribution in [2.24, 2.45) is 0 Å². The smallest absolute Gasteiger partial charge is 0.323 e. The second-order valence-corrected chi connectivity index (χ2v) is 6.06. The standard InChI is InChI=1S/C17H20N2O3/c1-10-6-7-11(2)15-14(10)12-5-4-8-18(3)17(22)16(12)19(15)9-13(20)21/h6-7H,4-5,8-9H2,1-3H3,(H,20,21). The Morgan fingerprint density at radius 2 is 1.95 bits per heavy atom. The Labute approximate surface area is 129 Å². The van der Waals surface area contributed by atoms with Gasteiger partial charge in [-0.3, -0.25) is 9.59 Å². The minimum atomic E-state index is -0.930. The number of rotatable bonds is 2. The Balaban J connectivity index is 2.43. The van der Waals surface area contributed by atoms with Gasteiger partial charge in [0.25, 0.3) is 5.91 Å². The van der Waals surface area contributed by atoms with Crippen molar-refractivity contribution >= 4 is 22.8 Å². The molecule has 1 aromatic carbocycles. The van der Waals surface area contributed by atoms with Crippen LogP contribution in [0.5, 0.6) is 0 Å². The first-order valence-electron chi connectivity index (χ1n) is 7.50. The lowest BCUT2D eigenvalue weighted by Gasteiger charge is -2.16. The topological polar surface area (TPSA) is 62.5 Å². The van der Waals surface area contributed by atoms with E-state index >= 15 is 0 Å². The van der Waals surface area contributed by atoms with E-state index in [-0.39, 0.29) is 12.5 Å². The molecule has 2 aromatic rings. The lowest BCUT2D eigenvalue weighted by molar-refractivity contribution is -0.137. The van der Waals surface area contributed by atoms with E-state index in [4.69, 9.17) is 0 Å². The van der Waals surface area contributed by atoms with E-state index in [0.29, 0.717) is 12.2 Å². The van der Waals surface area contributed by atoms with Crippen molar-refractivity contribution in [3.8, 4) is 0 Å². The molecule has 0 fully saturated rings. The predicted octanol–water partition coefficient (Wildman–Crippen LogP) is 2.36. The summed E-state index contributed by atoms with van der Waals surface area (Å²) in [6.45, 7) is 4.50. The summed E-state index contributed by atoms with van der Waals surface area (Å²) in [6, 6.07) is 4.03. The molecular formula is C17H20N2O3. The van der Waals surface area contributed by atoms with Gasteiger partial charge in [-0.05, 0) is 43.4 Å². The second kappa shape index (κ2) is 5.16. The number of aliphatic carboxylic acids is 1. The monoisotopic (exact) mass is 300 g/mol. The lowest BCUT2D eigenvalue weighted by atomic mass is 10.0. The molecule has 1 amide bonds. The normalized spacial score (nSPS) is 15.0. The fourth-order valence-corrected chi connectivity index (χ4v) is 3.47. The van der Waals surface area contributed by atoms with E-state index in [0.717, 1.165) is 40.4 Å². The molecule has 0 radical (unpaired) electrons. The molecule has 2 heterocycles. The largest absolute Gasteiger partial charge is 0.480 e. The molecule has 116 valence electrons. The number of fused-ring (bicyclic) bond motifs is 3. The SMILES string of the molecule is Cc1ccc(C)c2c1c1c(n2CC(=O)O)C(=O)N(C)CCC1. The maximum Gasteiger partial charge on any atom is 0.323 e. The first kappa shape index (κ1) is 14.6. The molecule has 5 heteroatoms. The lowest BCUT2D eigenvalue weighted by Crippen LogP contribution is -2.29. The van der Waals surface area contributed by atoms with Crippen molar-refractivity contribution in [3.05, 3.63) is 34.5 Å². The Bertz CT molecular complexity index is 789. The summed E-state index contributed by atoms with van der Waals surface area (Å²) in [6.07, 6.45) is 1.70. The van der Waals surface area contributed by atoms with Crippen molar-refractivity contribution in [1.82, 2.24) is 9.47 Å². The molecule has 1 N–H and O–H groups in total. The third-order valence-electron chi connectivity index (χ3n) is 4.48. The van der Waals surface area contributed by atoms with Gasteiger partial charge in [-0.15, -0.1) is 0 Å². The van der Waals surface area contributed by atoms with Crippen LogP contribution in [0.25, 0.3) is 10.9 Å². The molecule has 0 aliphatic carbocycles. The quantitative estimate of drug-likeness (QED) is 0.926. The Kier molecular flexibility index (Phi) is 3.43. The maximum atomic E-state index is 12.7. The molecule has 1 aromatic heterocycles. The first-order chi connectivity index (χ1) is 10.4. The molecule has 0 atom stereocenters. The zero-order valence-corrected chi connectivity index (χ0v) is 13.1. The highest BCUT2D eigenvalue weighted by atomic mass is 16.4. The summed E-state index contributed by atoms with van der Waals surface area (Å²) in [5, 5.41) is 10.3. The van der Waals surface area contributed by atoms with Gasteiger partial charge in [0.05, 0.1) is 5.52 Å². The van der Waals surface area contributed by atoms with Crippen molar-refractivity contribution in [2.75, 3.05) is 13.6 Å². The minimum Gasteiger partial charge on any atom is -0.480 e. The van der Waals surface area contributed by atoms with E-state index in [1.54, 1.807) is 16.5 Å². The van der Waals surface area contributed by atoms with Crippen LogP contribution in [-0.2, 0) is 17.8 Å². The predicted molar refractivity (Wildman–Crippen MR) is 84.3 cm³/mol. The average Bonchev–Trinajstić information content (AvgIpc) is 2.69. The highest BCUT2D eigenvalue weighted by Gasteiger charge is 2.29. The van der Waals surface area contributed by atoms with Crippen LogP contribution < -0.4 is 0 Å². The summed E-state index contributed by atoms with van der Waals surface area (Å²) < 4.78 is 1.69. The van der Waals surface area contributed by atoms with Gasteiger partial charge in [0.2, 0.25) is 0 Å². The Morgan fingerprint density at radius 3 is 2.64 bits per heavy atom. The van der Waals surface area contributed by atoms with E-state index in [9.17, 15) is 14.7 Å². The van der Waals surface area contributed by atoms with Crippen LogP contribution in [0.15, 0.2) is 12.1 Å². The fourth-order valence-electron chi connectivity index (χ4n) is 3.47. The summed E-state index contributed by atoms with van der Waals surface area (Å²) in [5.41, 5.74) is 4.54. The van der Waals surface area contributed by atoms with Gasteiger partial charge >= 0.3 is 5.97 Å². The number of amides is 1. The summed E-state index contributed by atoms with van der Waals surface area (Å²) in [5.74, 6) is -1.01. The molecule has 22 heavy (non-hydrogen) atoms. The van der Waals surface area contributed by atoms with Crippen LogP contribution in [0.1, 0.15) is 33.6 Å². The van der Waals surface area contributed by atoms with E-state index in [1.165, 1.54) is 0 Å². The third-order valence-corrected chi connectivity index (χ3v) is 4.48. The molecule has 0 saturated heterocycles. The van der Waals surface area contributed by atoms with Crippen LogP contribution in [-0.4, -0.2) is 40.0 Å². The fraction of sp³-hybridized carbons (Fsp3) is 0.412. The molecule has 5 nitrogen and oxygen atoms in total. The molecule has 0 unspecified atom stereocenters. The third kappa shape index (κ3) is 2.08. The number of nitrogens with zero attached hydrogens (tertiary/aromatic N) is 2. The van der Waals surface area contributed by atoms with Gasteiger partial charge in [-0.1, -0.05) is 12.1 Å². The number of carbonyl (C=O) groups excluding carboxylic acids is 1. The van der Waals surface area contributed by atoms with E-state index in [2.05, 4.69) is 0 Å². The summed E-state index contributed by atoms with van der Waals surface area (Å²) in [4.78, 5) is 25.8. The van der Waals surface area contributed by atoms with Crippen molar-refractivity contribution in [2.45, 2.75) is 33.2 Å².